The summed E-state index contributed by atoms with van der Waals surface area (Å²) >= 11 is 0. The molecule has 2 N–H and O–H groups in total. The highest BCUT2D eigenvalue weighted by atomic mass is 16.4. The van der Waals surface area contributed by atoms with Gasteiger partial charge >= 0.3 is 5.97 Å². The number of nitrogens with one attached hydrogen (secondary N) is 1. The number of carboxylic acid groups (broad SMARTS) is 1. The first-order chi connectivity index (χ1) is 31.1. The Kier molecular flexibility index (Phi) is 11.8. The predicted octanol–water partition coefficient (Wildman–Crippen LogP) is 7.02. The number of unbranched alkanes of at least 4 members (excludes halogenated alkanes) is 1. The number of nitrogens with zero attached hydrogens (tertiary/aromatic N) is 4. The van der Waals surface area contributed by atoms with E-state index in [0.717, 1.165) is 16.2 Å². The molecule has 0 aliphatic carbocycles. The number of imide groups is 3. The van der Waals surface area contributed by atoms with Crippen LogP contribution >= 0.6 is 0 Å². The van der Waals surface area contributed by atoms with Gasteiger partial charge in [0.25, 0.3) is 35.4 Å². The molecule has 0 saturated heterocycles. The summed E-state index contributed by atoms with van der Waals surface area (Å²) < 4.78 is 0. The molecule has 0 radical (unpaired) electrons. The van der Waals surface area contributed by atoms with Crippen LogP contribution in [0.2, 0.25) is 0 Å². The fourth-order valence-corrected chi connectivity index (χ4v) is 9.60. The average molecular weight is 858 g/mol. The van der Waals surface area contributed by atoms with Crippen LogP contribution in [0.3, 0.4) is 0 Å². The normalized spacial score (nSPS) is 15.1. The quantitative estimate of drug-likeness (QED) is 0.0639. The number of amides is 6. The lowest BCUT2D eigenvalue weighted by Crippen LogP contribution is -2.43. The molecular weight excluding hydrogens is 811 g/mol. The third-order valence-electron chi connectivity index (χ3n) is 12.7. The number of aliphatic carboxylic acids is 1. The standard InChI is InChI=1S/C51H47N5O8/c57-45-35-18-3-12-32-13-4-19-36(42(32)35)46(58)54(45)29-9-25-52-41(51(63)64)24-1-2-26-53(27-10-30-55-47(59)37-20-5-14-33-15-6-21-38(43(33)37)48(55)60)28-11-31-56-49(61)39-22-7-16-34-17-8-23-40(44(34)39)50(56)62/h3-8,12-23,41,52H,1-2,9-11,24-31H2,(H,63,64)/t41-/m0/s1. The minimum absolute atomic E-state index is 0.143. The SMILES string of the molecule is O=C(O)[C@H](CCCCN(CCCN1C(=O)c2cccc3cccc(c23)C1=O)CCCN1C(=O)c2cccc3cccc(c23)C1=O)NCCCN1C(=O)c2cccc3cccc(c23)C1=O. The molecule has 6 aromatic rings. The highest BCUT2D eigenvalue weighted by Crippen LogP contribution is 2.33. The van der Waals surface area contributed by atoms with Crippen LogP contribution in [-0.4, -0.2) is 118 Å². The highest BCUT2D eigenvalue weighted by molar-refractivity contribution is 6.27. The number of hydrogen-bond donors (Lipinski definition) is 2. The number of carboxylic acids is 1. The van der Waals surface area contributed by atoms with Gasteiger partial charge in [-0.25, -0.2) is 0 Å². The second kappa shape index (κ2) is 17.9. The summed E-state index contributed by atoms with van der Waals surface area (Å²) in [6.45, 7) is 2.43. The van der Waals surface area contributed by atoms with Crippen molar-refractivity contribution in [2.75, 3.05) is 45.8 Å². The summed E-state index contributed by atoms with van der Waals surface area (Å²) in [6.07, 6.45) is 2.88. The van der Waals surface area contributed by atoms with Crippen molar-refractivity contribution in [1.82, 2.24) is 24.9 Å². The van der Waals surface area contributed by atoms with Crippen LogP contribution in [0.15, 0.2) is 109 Å². The van der Waals surface area contributed by atoms with E-state index in [1.165, 1.54) is 14.7 Å². The van der Waals surface area contributed by atoms with Crippen molar-refractivity contribution in [1.29, 1.82) is 0 Å². The summed E-state index contributed by atoms with van der Waals surface area (Å²) in [5.41, 5.74) is 2.94. The first kappa shape index (κ1) is 42.2. The number of carbonyl (C=O) groups excluding carboxylic acids is 6. The number of carbonyl (C=O) groups is 7. The topological polar surface area (TPSA) is 165 Å². The van der Waals surface area contributed by atoms with Crippen LogP contribution < -0.4 is 5.32 Å². The van der Waals surface area contributed by atoms with E-state index in [4.69, 9.17) is 0 Å². The number of hydrogen-bond acceptors (Lipinski definition) is 9. The van der Waals surface area contributed by atoms with Gasteiger partial charge in [0.15, 0.2) is 0 Å². The first-order valence-corrected chi connectivity index (χ1v) is 21.9. The van der Waals surface area contributed by atoms with Crippen LogP contribution in [0, 0.1) is 0 Å². The lowest BCUT2D eigenvalue weighted by Gasteiger charge is -2.30. The summed E-state index contributed by atoms with van der Waals surface area (Å²) in [5, 5.41) is 17.7. The van der Waals surface area contributed by atoms with E-state index in [-0.39, 0.29) is 61.6 Å². The van der Waals surface area contributed by atoms with Crippen LogP contribution in [-0.2, 0) is 4.79 Å². The van der Waals surface area contributed by atoms with Crippen molar-refractivity contribution in [3.05, 3.63) is 143 Å². The van der Waals surface area contributed by atoms with E-state index < -0.39 is 12.0 Å². The average Bonchev–Trinajstić information content (AvgIpc) is 3.31. The van der Waals surface area contributed by atoms with Crippen LogP contribution in [0.4, 0.5) is 0 Å². The summed E-state index contributed by atoms with van der Waals surface area (Å²) in [7, 11) is 0. The molecule has 0 unspecified atom stereocenters. The molecule has 0 bridgehead atoms. The first-order valence-electron chi connectivity index (χ1n) is 21.9. The Bertz CT molecular complexity index is 2640. The molecule has 6 aromatic carbocycles. The van der Waals surface area contributed by atoms with E-state index in [9.17, 15) is 38.7 Å². The maximum absolute atomic E-state index is 13.6. The van der Waals surface area contributed by atoms with Gasteiger partial charge < -0.3 is 15.3 Å². The Morgan fingerprint density at radius 2 is 0.766 bits per heavy atom. The molecule has 3 aliphatic heterocycles. The Hall–Kier alpha value is -7.09. The minimum Gasteiger partial charge on any atom is -0.480 e. The number of benzene rings is 6. The zero-order valence-electron chi connectivity index (χ0n) is 35.3. The van der Waals surface area contributed by atoms with Gasteiger partial charge in [-0.15, -0.1) is 0 Å². The Morgan fingerprint density at radius 3 is 1.09 bits per heavy atom. The molecule has 13 nitrogen and oxygen atoms in total. The van der Waals surface area contributed by atoms with Gasteiger partial charge in [0.05, 0.1) is 0 Å². The molecular formula is C51H47N5O8. The summed E-state index contributed by atoms with van der Waals surface area (Å²) in [6, 6.07) is 31.7. The fraction of sp³-hybridized carbons (Fsp3) is 0.275. The largest absolute Gasteiger partial charge is 0.480 e. The Balaban J connectivity index is 0.804. The molecule has 0 fully saturated rings. The van der Waals surface area contributed by atoms with Gasteiger partial charge in [-0.3, -0.25) is 48.3 Å². The molecule has 0 aromatic heterocycles. The Morgan fingerprint density at radius 1 is 0.453 bits per heavy atom. The molecule has 0 spiro atoms. The molecule has 64 heavy (non-hydrogen) atoms. The molecule has 1 atom stereocenters. The lowest BCUT2D eigenvalue weighted by molar-refractivity contribution is -0.139. The van der Waals surface area contributed by atoms with Crippen LogP contribution in [0.1, 0.15) is 101 Å². The van der Waals surface area contributed by atoms with Crippen LogP contribution in [0.25, 0.3) is 32.3 Å². The second-order valence-corrected chi connectivity index (χ2v) is 16.7. The van der Waals surface area contributed by atoms with Gasteiger partial charge in [-0.1, -0.05) is 79.2 Å². The molecule has 9 rings (SSSR count). The van der Waals surface area contributed by atoms with Crippen molar-refractivity contribution in [2.45, 2.75) is 44.6 Å². The minimum atomic E-state index is -0.996. The summed E-state index contributed by atoms with van der Waals surface area (Å²) in [4.78, 5) is 99.4. The summed E-state index contributed by atoms with van der Waals surface area (Å²) in [5.74, 6) is -3.04. The maximum atomic E-state index is 13.6. The maximum Gasteiger partial charge on any atom is 0.320 e. The zero-order valence-corrected chi connectivity index (χ0v) is 35.3. The molecule has 0 saturated carbocycles. The Labute approximate surface area is 369 Å². The molecule has 6 amide bonds. The van der Waals surface area contributed by atoms with Gasteiger partial charge in [0.2, 0.25) is 0 Å². The third-order valence-corrected chi connectivity index (χ3v) is 12.7. The van der Waals surface area contributed by atoms with E-state index in [1.807, 2.05) is 60.7 Å². The molecule has 324 valence electrons. The molecule has 3 aliphatic rings. The predicted molar refractivity (Wildman–Crippen MR) is 242 cm³/mol. The zero-order chi connectivity index (χ0) is 44.5. The van der Waals surface area contributed by atoms with E-state index in [1.54, 1.807) is 48.5 Å². The van der Waals surface area contributed by atoms with Crippen molar-refractivity contribution >= 4 is 73.7 Å². The van der Waals surface area contributed by atoms with Gasteiger partial charge in [0.1, 0.15) is 6.04 Å². The van der Waals surface area contributed by atoms with Crippen molar-refractivity contribution in [3.8, 4) is 0 Å². The van der Waals surface area contributed by atoms with Crippen LogP contribution in [0.5, 0.6) is 0 Å². The van der Waals surface area contributed by atoms with Crippen molar-refractivity contribution in [3.63, 3.8) is 0 Å². The smallest absolute Gasteiger partial charge is 0.320 e. The van der Waals surface area contributed by atoms with Gasteiger partial charge in [-0.05, 0) is 111 Å². The van der Waals surface area contributed by atoms with Gasteiger partial charge in [0, 0.05) is 69.2 Å². The third kappa shape index (κ3) is 7.81. The lowest BCUT2D eigenvalue weighted by atomic mass is 9.94. The van der Waals surface area contributed by atoms with Crippen molar-refractivity contribution < 1.29 is 38.7 Å². The molecule has 3 heterocycles. The highest BCUT2D eigenvalue weighted by Gasteiger charge is 2.35. The fourth-order valence-electron chi connectivity index (χ4n) is 9.60. The van der Waals surface area contributed by atoms with E-state index in [0.29, 0.717) is 108 Å². The van der Waals surface area contributed by atoms with Crippen molar-refractivity contribution in [2.24, 2.45) is 0 Å². The van der Waals surface area contributed by atoms with E-state index in [2.05, 4.69) is 10.2 Å². The van der Waals surface area contributed by atoms with E-state index >= 15 is 0 Å². The second-order valence-electron chi connectivity index (χ2n) is 16.7. The number of rotatable bonds is 19. The van der Waals surface area contributed by atoms with Gasteiger partial charge in [-0.2, -0.15) is 0 Å². The monoisotopic (exact) mass is 857 g/mol. The molecule has 13 heteroatoms.